The van der Waals surface area contributed by atoms with Crippen LogP contribution < -0.4 is 10.1 Å². The van der Waals surface area contributed by atoms with Crippen LogP contribution in [-0.2, 0) is 16.1 Å². The lowest BCUT2D eigenvalue weighted by molar-refractivity contribution is -0.143. The fourth-order valence-electron chi connectivity index (χ4n) is 2.38. The normalized spacial score (nSPS) is 19.1. The molecule has 1 unspecified atom stereocenters. The number of carboxylic acid groups (broad SMARTS) is 1. The zero-order valence-corrected chi connectivity index (χ0v) is 11.6. The highest BCUT2D eigenvalue weighted by atomic mass is 19.1. The van der Waals surface area contributed by atoms with Crippen molar-refractivity contribution >= 4 is 11.9 Å². The van der Waals surface area contributed by atoms with Crippen LogP contribution in [0.15, 0.2) is 18.2 Å². The number of nitrogens with zero attached hydrogens (tertiary/aromatic N) is 1. The summed E-state index contributed by atoms with van der Waals surface area (Å²) < 4.78 is 18.5. The number of amides is 1. The molecule has 1 aromatic rings. The van der Waals surface area contributed by atoms with E-state index in [1.54, 1.807) is 11.0 Å². The monoisotopic (exact) mass is 296 g/mol. The fourth-order valence-corrected chi connectivity index (χ4v) is 2.38. The third kappa shape index (κ3) is 3.69. The molecule has 2 rings (SSSR count). The van der Waals surface area contributed by atoms with Gasteiger partial charge in [0.15, 0.2) is 11.6 Å². The van der Waals surface area contributed by atoms with Crippen LogP contribution in [0.25, 0.3) is 0 Å². The number of piperazine rings is 1. The van der Waals surface area contributed by atoms with Crippen molar-refractivity contribution < 1.29 is 23.8 Å². The summed E-state index contributed by atoms with van der Waals surface area (Å²) in [5.41, 5.74) is 0.665. The number of hydrogen-bond acceptors (Lipinski definition) is 4. The lowest BCUT2D eigenvalue weighted by Crippen LogP contribution is -2.55. The van der Waals surface area contributed by atoms with Crippen molar-refractivity contribution in [2.75, 3.05) is 20.2 Å². The number of aliphatic carboxylic acids is 1. The molecule has 21 heavy (non-hydrogen) atoms. The van der Waals surface area contributed by atoms with E-state index in [0.29, 0.717) is 25.2 Å². The van der Waals surface area contributed by atoms with Crippen LogP contribution in [0.1, 0.15) is 12.0 Å². The maximum absolute atomic E-state index is 13.7. The van der Waals surface area contributed by atoms with E-state index in [4.69, 9.17) is 9.84 Å². The first kappa shape index (κ1) is 15.2. The van der Waals surface area contributed by atoms with Gasteiger partial charge in [-0.05, 0) is 17.7 Å². The molecule has 1 heterocycles. The summed E-state index contributed by atoms with van der Waals surface area (Å²) >= 11 is 0. The van der Waals surface area contributed by atoms with Crippen LogP contribution in [0, 0.1) is 5.82 Å². The second-order valence-electron chi connectivity index (χ2n) is 4.84. The van der Waals surface area contributed by atoms with Crippen molar-refractivity contribution in [1.29, 1.82) is 0 Å². The van der Waals surface area contributed by atoms with Crippen LogP contribution in [0.5, 0.6) is 5.75 Å². The van der Waals surface area contributed by atoms with E-state index in [9.17, 15) is 14.0 Å². The molecule has 1 fully saturated rings. The molecular formula is C14H17FN2O4. The molecule has 1 aromatic carbocycles. The van der Waals surface area contributed by atoms with Crippen molar-refractivity contribution in [2.24, 2.45) is 0 Å². The van der Waals surface area contributed by atoms with Gasteiger partial charge in [0.05, 0.1) is 13.5 Å². The van der Waals surface area contributed by atoms with Gasteiger partial charge in [-0.2, -0.15) is 0 Å². The Morgan fingerprint density at radius 3 is 2.95 bits per heavy atom. The van der Waals surface area contributed by atoms with Crippen LogP contribution in [0.4, 0.5) is 4.39 Å². The molecule has 0 bridgehead atoms. The van der Waals surface area contributed by atoms with Gasteiger partial charge in [0.1, 0.15) is 6.04 Å². The summed E-state index contributed by atoms with van der Waals surface area (Å²) in [7, 11) is 1.38. The molecule has 0 aromatic heterocycles. The number of nitrogens with one attached hydrogen (secondary N) is 1. The Morgan fingerprint density at radius 2 is 2.33 bits per heavy atom. The van der Waals surface area contributed by atoms with Gasteiger partial charge in [-0.25, -0.2) is 4.39 Å². The minimum atomic E-state index is -1.04. The molecule has 0 spiro atoms. The SMILES string of the molecule is COc1ccc(CN2CCNC(=O)C2CC(=O)O)cc1F. The maximum atomic E-state index is 13.7. The van der Waals surface area contributed by atoms with Gasteiger partial charge in [-0.3, -0.25) is 14.5 Å². The maximum Gasteiger partial charge on any atom is 0.305 e. The third-order valence-electron chi connectivity index (χ3n) is 3.41. The Labute approximate surface area is 121 Å². The quantitative estimate of drug-likeness (QED) is 0.832. The molecule has 6 nitrogen and oxygen atoms in total. The molecule has 2 N–H and O–H groups in total. The van der Waals surface area contributed by atoms with Gasteiger partial charge in [0, 0.05) is 19.6 Å². The number of hydrogen-bond donors (Lipinski definition) is 2. The molecule has 1 amide bonds. The highest BCUT2D eigenvalue weighted by molar-refractivity contribution is 5.86. The Balaban J connectivity index is 2.13. The molecule has 0 radical (unpaired) electrons. The van der Waals surface area contributed by atoms with E-state index in [2.05, 4.69) is 5.32 Å². The number of benzene rings is 1. The highest BCUT2D eigenvalue weighted by Gasteiger charge is 2.31. The average molecular weight is 296 g/mol. The zero-order chi connectivity index (χ0) is 15.4. The van der Waals surface area contributed by atoms with E-state index >= 15 is 0 Å². The molecule has 1 atom stereocenters. The van der Waals surface area contributed by atoms with Gasteiger partial charge >= 0.3 is 5.97 Å². The number of carbonyl (C=O) groups excluding carboxylic acids is 1. The lowest BCUT2D eigenvalue weighted by atomic mass is 10.1. The highest BCUT2D eigenvalue weighted by Crippen LogP contribution is 2.20. The summed E-state index contributed by atoms with van der Waals surface area (Å²) in [5, 5.41) is 11.5. The van der Waals surface area contributed by atoms with Gasteiger partial charge in [0.25, 0.3) is 0 Å². The van der Waals surface area contributed by atoms with Crippen molar-refractivity contribution in [2.45, 2.75) is 19.0 Å². The number of carboxylic acids is 1. The molecule has 0 aliphatic carbocycles. The van der Waals surface area contributed by atoms with Gasteiger partial charge in [-0.1, -0.05) is 6.07 Å². The summed E-state index contributed by atoms with van der Waals surface area (Å²) in [6, 6.07) is 3.82. The molecule has 7 heteroatoms. The number of ether oxygens (including phenoxy) is 1. The second kappa shape index (κ2) is 6.53. The number of methoxy groups -OCH3 is 1. The van der Waals surface area contributed by atoms with Gasteiger partial charge in [0.2, 0.25) is 5.91 Å². The van der Waals surface area contributed by atoms with Crippen LogP contribution in [0.3, 0.4) is 0 Å². The minimum absolute atomic E-state index is 0.150. The van der Waals surface area contributed by atoms with Crippen molar-refractivity contribution in [3.05, 3.63) is 29.6 Å². The topological polar surface area (TPSA) is 78.9 Å². The fraction of sp³-hybridized carbons (Fsp3) is 0.429. The third-order valence-corrected chi connectivity index (χ3v) is 3.41. The zero-order valence-electron chi connectivity index (χ0n) is 11.6. The van der Waals surface area contributed by atoms with E-state index in [1.165, 1.54) is 19.2 Å². The molecule has 0 saturated carbocycles. The number of rotatable bonds is 5. The molecule has 114 valence electrons. The molecule has 1 saturated heterocycles. The summed E-state index contributed by atoms with van der Waals surface area (Å²) in [4.78, 5) is 24.4. The van der Waals surface area contributed by atoms with Crippen LogP contribution >= 0.6 is 0 Å². The smallest absolute Gasteiger partial charge is 0.305 e. The Morgan fingerprint density at radius 1 is 1.57 bits per heavy atom. The Bertz CT molecular complexity index is 550. The van der Waals surface area contributed by atoms with Crippen molar-refractivity contribution in [1.82, 2.24) is 10.2 Å². The summed E-state index contributed by atoms with van der Waals surface area (Å²) in [6.45, 7) is 1.29. The number of carbonyl (C=O) groups is 2. The Hall–Kier alpha value is -2.15. The largest absolute Gasteiger partial charge is 0.494 e. The standard InChI is InChI=1S/C14H17FN2O4/c1-21-12-3-2-9(6-10(12)15)8-17-5-4-16-14(20)11(17)7-13(18)19/h2-3,6,11H,4-5,7-8H2,1H3,(H,16,20)(H,18,19). The molecule has 1 aliphatic rings. The predicted molar refractivity (Wildman–Crippen MR) is 72.4 cm³/mol. The van der Waals surface area contributed by atoms with Crippen LogP contribution in [-0.4, -0.2) is 48.1 Å². The van der Waals surface area contributed by atoms with Crippen LogP contribution in [0.2, 0.25) is 0 Å². The first-order valence-corrected chi connectivity index (χ1v) is 6.57. The minimum Gasteiger partial charge on any atom is -0.494 e. The predicted octanol–water partition coefficient (Wildman–Crippen LogP) is 0.609. The molecular weight excluding hydrogens is 279 g/mol. The van der Waals surface area contributed by atoms with Crippen molar-refractivity contribution in [3.8, 4) is 5.75 Å². The average Bonchev–Trinajstić information content (AvgIpc) is 2.42. The first-order chi connectivity index (χ1) is 10.0. The van der Waals surface area contributed by atoms with Gasteiger partial charge < -0.3 is 15.2 Å². The molecule has 1 aliphatic heterocycles. The first-order valence-electron chi connectivity index (χ1n) is 6.57. The van der Waals surface area contributed by atoms with E-state index in [-0.39, 0.29) is 18.1 Å². The van der Waals surface area contributed by atoms with Crippen molar-refractivity contribution in [3.63, 3.8) is 0 Å². The Kier molecular flexibility index (Phi) is 4.74. The second-order valence-corrected chi connectivity index (χ2v) is 4.84. The summed E-state index contributed by atoms with van der Waals surface area (Å²) in [5.74, 6) is -1.68. The van der Waals surface area contributed by atoms with E-state index in [0.717, 1.165) is 0 Å². The van der Waals surface area contributed by atoms with Gasteiger partial charge in [-0.15, -0.1) is 0 Å². The summed E-state index contributed by atoms with van der Waals surface area (Å²) in [6.07, 6.45) is -0.273. The van der Waals surface area contributed by atoms with E-state index in [1.807, 2.05) is 0 Å². The van der Waals surface area contributed by atoms with E-state index < -0.39 is 17.8 Å². The number of halogens is 1. The lowest BCUT2D eigenvalue weighted by Gasteiger charge is -2.34.